The monoisotopic (exact) mass is 612 g/mol. The Bertz CT molecular complexity index is 661. The predicted octanol–water partition coefficient (Wildman–Crippen LogP) is 8.81. The first-order chi connectivity index (χ1) is 20.8. The number of hydrogen-bond acceptors (Lipinski definition) is 8. The van der Waals surface area contributed by atoms with Gasteiger partial charge < -0.3 is 18.9 Å². The first-order valence-corrected chi connectivity index (χ1v) is 17.4. The van der Waals surface area contributed by atoms with Crippen LogP contribution in [0.2, 0.25) is 0 Å². The molecule has 0 saturated heterocycles. The van der Waals surface area contributed by atoms with E-state index >= 15 is 0 Å². The number of ether oxygens (including phenoxy) is 4. The van der Waals surface area contributed by atoms with Gasteiger partial charge in [0.05, 0.1) is 0 Å². The summed E-state index contributed by atoms with van der Waals surface area (Å²) in [6, 6.07) is 0. The van der Waals surface area contributed by atoms with Crippen LogP contribution in [0.3, 0.4) is 0 Å². The Labute approximate surface area is 262 Å². The molecule has 0 aromatic heterocycles. The van der Waals surface area contributed by atoms with E-state index in [1.807, 2.05) is 0 Å². The molecule has 0 aromatic rings. The second-order valence-electron chi connectivity index (χ2n) is 12.1. The highest BCUT2D eigenvalue weighted by molar-refractivity contribution is 5.71. The fourth-order valence-electron chi connectivity index (χ4n) is 4.61. The second kappa shape index (κ2) is 28.6. The molecule has 0 fully saturated rings. The van der Waals surface area contributed by atoms with Gasteiger partial charge in [-0.15, -0.1) is 0 Å². The van der Waals surface area contributed by atoms with E-state index in [1.54, 1.807) is 0 Å². The van der Waals surface area contributed by atoms with Crippen molar-refractivity contribution in [1.29, 1.82) is 0 Å². The standard InChI is InChI=1S/C35H64O8/c1-5-9-13-17-21-25-33(38)42-29-35(27-40-31(36)23-19-15-11-7-3,28-41-32(37)24-20-16-12-8-4)30-43-34(39)26-22-18-14-10-6-2/h5-30H2,1-4H3. The van der Waals surface area contributed by atoms with Crippen LogP contribution >= 0.6 is 0 Å². The van der Waals surface area contributed by atoms with Crippen LogP contribution in [0.1, 0.15) is 169 Å². The predicted molar refractivity (Wildman–Crippen MR) is 171 cm³/mol. The van der Waals surface area contributed by atoms with E-state index in [1.165, 1.54) is 0 Å². The third-order valence-electron chi connectivity index (χ3n) is 7.60. The Balaban J connectivity index is 5.46. The molecule has 0 saturated carbocycles. The lowest BCUT2D eigenvalue weighted by atomic mass is 9.92. The van der Waals surface area contributed by atoms with E-state index in [2.05, 4.69) is 27.7 Å². The zero-order valence-corrected chi connectivity index (χ0v) is 28.2. The van der Waals surface area contributed by atoms with E-state index in [0.29, 0.717) is 0 Å². The summed E-state index contributed by atoms with van der Waals surface area (Å²) in [5.74, 6) is -1.45. The molecule has 8 heteroatoms. The van der Waals surface area contributed by atoms with Gasteiger partial charge in [-0.2, -0.15) is 0 Å². The molecule has 0 rings (SSSR count). The largest absolute Gasteiger partial charge is 0.465 e. The number of carbonyl (C=O) groups is 4. The maximum absolute atomic E-state index is 12.6. The van der Waals surface area contributed by atoms with Gasteiger partial charge in [0.2, 0.25) is 0 Å². The highest BCUT2D eigenvalue weighted by Crippen LogP contribution is 2.23. The Morgan fingerprint density at radius 1 is 0.349 bits per heavy atom. The van der Waals surface area contributed by atoms with Gasteiger partial charge in [0, 0.05) is 25.7 Å². The number of esters is 4. The lowest BCUT2D eigenvalue weighted by molar-refractivity contribution is -0.170. The minimum atomic E-state index is -1.17. The molecular weight excluding hydrogens is 548 g/mol. The Morgan fingerprint density at radius 3 is 0.791 bits per heavy atom. The molecular formula is C35H64O8. The minimum absolute atomic E-state index is 0.170. The molecule has 0 unspecified atom stereocenters. The van der Waals surface area contributed by atoms with Crippen LogP contribution in [0.4, 0.5) is 0 Å². The molecule has 0 amide bonds. The molecule has 252 valence electrons. The molecule has 0 aliphatic rings. The lowest BCUT2D eigenvalue weighted by Gasteiger charge is -2.31. The summed E-state index contributed by atoms with van der Waals surface area (Å²) in [7, 11) is 0. The van der Waals surface area contributed by atoms with E-state index in [-0.39, 0.29) is 76.0 Å². The topological polar surface area (TPSA) is 105 Å². The summed E-state index contributed by atoms with van der Waals surface area (Å²) >= 11 is 0. The van der Waals surface area contributed by atoms with Gasteiger partial charge in [0.25, 0.3) is 0 Å². The summed E-state index contributed by atoms with van der Waals surface area (Å²) in [5, 5.41) is 0. The summed E-state index contributed by atoms with van der Waals surface area (Å²) < 4.78 is 22.6. The molecule has 0 heterocycles. The van der Waals surface area contributed by atoms with Crippen molar-refractivity contribution in [2.45, 2.75) is 169 Å². The van der Waals surface area contributed by atoms with Crippen molar-refractivity contribution in [2.24, 2.45) is 5.41 Å². The minimum Gasteiger partial charge on any atom is -0.465 e. The molecule has 0 bridgehead atoms. The van der Waals surface area contributed by atoms with Crippen LogP contribution < -0.4 is 0 Å². The smallest absolute Gasteiger partial charge is 0.305 e. The van der Waals surface area contributed by atoms with Crippen LogP contribution in [0.25, 0.3) is 0 Å². The average molecular weight is 613 g/mol. The van der Waals surface area contributed by atoms with E-state index in [4.69, 9.17) is 18.9 Å². The van der Waals surface area contributed by atoms with Gasteiger partial charge in [0.15, 0.2) is 0 Å². The van der Waals surface area contributed by atoms with E-state index < -0.39 is 5.41 Å². The van der Waals surface area contributed by atoms with Crippen molar-refractivity contribution in [1.82, 2.24) is 0 Å². The van der Waals surface area contributed by atoms with Crippen molar-refractivity contribution in [2.75, 3.05) is 26.4 Å². The first-order valence-electron chi connectivity index (χ1n) is 17.4. The maximum atomic E-state index is 12.6. The Morgan fingerprint density at radius 2 is 0.558 bits per heavy atom. The molecule has 0 aliphatic heterocycles. The Hall–Kier alpha value is -2.12. The quantitative estimate of drug-likeness (QED) is 0.0450. The maximum Gasteiger partial charge on any atom is 0.305 e. The van der Waals surface area contributed by atoms with Crippen molar-refractivity contribution < 1.29 is 38.1 Å². The van der Waals surface area contributed by atoms with Crippen LogP contribution in [0.15, 0.2) is 0 Å². The fraction of sp³-hybridized carbons (Fsp3) is 0.886. The lowest BCUT2D eigenvalue weighted by Crippen LogP contribution is -2.44. The molecule has 0 atom stereocenters. The third kappa shape index (κ3) is 25.0. The van der Waals surface area contributed by atoms with Crippen molar-refractivity contribution in [3.63, 3.8) is 0 Å². The summed E-state index contributed by atoms with van der Waals surface area (Å²) in [5.41, 5.74) is -1.17. The van der Waals surface area contributed by atoms with Crippen molar-refractivity contribution in [3.8, 4) is 0 Å². The number of unbranched alkanes of at least 4 members (excludes halogenated alkanes) is 14. The zero-order chi connectivity index (χ0) is 32.0. The van der Waals surface area contributed by atoms with Crippen molar-refractivity contribution in [3.05, 3.63) is 0 Å². The fourth-order valence-corrected chi connectivity index (χ4v) is 4.61. The molecule has 8 nitrogen and oxygen atoms in total. The molecule has 0 spiro atoms. The molecule has 0 aromatic carbocycles. The van der Waals surface area contributed by atoms with Crippen LogP contribution in [-0.4, -0.2) is 50.3 Å². The van der Waals surface area contributed by atoms with E-state index in [9.17, 15) is 19.2 Å². The number of carbonyl (C=O) groups excluding carboxylic acids is 4. The van der Waals surface area contributed by atoms with Gasteiger partial charge in [-0.3, -0.25) is 19.2 Å². The molecule has 0 N–H and O–H groups in total. The molecule has 43 heavy (non-hydrogen) atoms. The normalized spacial score (nSPS) is 11.3. The second-order valence-corrected chi connectivity index (χ2v) is 12.1. The number of rotatable bonds is 30. The van der Waals surface area contributed by atoms with Gasteiger partial charge in [0.1, 0.15) is 31.8 Å². The molecule has 0 radical (unpaired) electrons. The number of hydrogen-bond donors (Lipinski definition) is 0. The zero-order valence-electron chi connectivity index (χ0n) is 28.2. The third-order valence-corrected chi connectivity index (χ3v) is 7.60. The van der Waals surface area contributed by atoms with Gasteiger partial charge in [-0.05, 0) is 25.7 Å². The van der Waals surface area contributed by atoms with Crippen LogP contribution in [0, 0.1) is 5.41 Å². The van der Waals surface area contributed by atoms with Crippen molar-refractivity contribution >= 4 is 23.9 Å². The van der Waals surface area contributed by atoms with Crippen LogP contribution in [-0.2, 0) is 38.1 Å². The van der Waals surface area contributed by atoms with Gasteiger partial charge in [-0.25, -0.2) is 0 Å². The van der Waals surface area contributed by atoms with Gasteiger partial charge >= 0.3 is 23.9 Å². The first kappa shape index (κ1) is 40.9. The van der Waals surface area contributed by atoms with E-state index in [0.717, 1.165) is 116 Å². The van der Waals surface area contributed by atoms with Crippen LogP contribution in [0.5, 0.6) is 0 Å². The SMILES string of the molecule is CCCCCCCC(=O)OCC(COC(=O)CCCCCC)(COC(=O)CCCCCC)COC(=O)CCCCCCC. The average Bonchev–Trinajstić information content (AvgIpc) is 3.00. The molecule has 0 aliphatic carbocycles. The Kier molecular flexibility index (Phi) is 27.2. The highest BCUT2D eigenvalue weighted by Gasteiger charge is 2.38. The highest BCUT2D eigenvalue weighted by atomic mass is 16.6. The summed E-state index contributed by atoms with van der Waals surface area (Å²) in [6.45, 7) is 7.82. The summed E-state index contributed by atoms with van der Waals surface area (Å²) in [6.07, 6.45) is 18.7. The summed E-state index contributed by atoms with van der Waals surface area (Å²) in [4.78, 5) is 50.4. The van der Waals surface area contributed by atoms with Gasteiger partial charge in [-0.1, -0.05) is 118 Å².